The highest BCUT2D eigenvalue weighted by Gasteiger charge is 2.18. The van der Waals surface area contributed by atoms with Crippen LogP contribution in [0.25, 0.3) is 5.69 Å². The largest absolute Gasteiger partial charge is 0.497 e. The maximum Gasteiger partial charge on any atom is 0.234 e. The number of carbonyl (C=O) groups is 2. The van der Waals surface area contributed by atoms with Crippen LogP contribution in [0.1, 0.15) is 5.82 Å². The summed E-state index contributed by atoms with van der Waals surface area (Å²) in [5.74, 6) is 0.873. The number of ether oxygens (including phenoxy) is 1. The zero-order valence-corrected chi connectivity index (χ0v) is 19.3. The lowest BCUT2D eigenvalue weighted by Gasteiger charge is -2.11. The van der Waals surface area contributed by atoms with Crippen molar-refractivity contribution in [3.05, 3.63) is 90.8 Å². The number of carbonyl (C=O) groups excluding carboxylic acids is 2. The van der Waals surface area contributed by atoms with Gasteiger partial charge in [-0.2, -0.15) is 0 Å². The van der Waals surface area contributed by atoms with Crippen LogP contribution in [0.3, 0.4) is 0 Å². The highest BCUT2D eigenvalue weighted by Crippen LogP contribution is 2.23. The van der Waals surface area contributed by atoms with Gasteiger partial charge in [0, 0.05) is 23.1 Å². The first-order valence-corrected chi connectivity index (χ1v) is 11.5. The van der Waals surface area contributed by atoms with Crippen molar-refractivity contribution in [1.29, 1.82) is 0 Å². The van der Waals surface area contributed by atoms with Gasteiger partial charge in [0.15, 0.2) is 5.16 Å². The fraction of sp³-hybridized carbons (Fsp3) is 0.120. The Hall–Kier alpha value is -4.11. The number of aromatic nitrogens is 3. The lowest BCUT2D eigenvalue weighted by atomic mass is 10.2. The molecule has 4 aromatic rings. The molecule has 0 unspecified atom stereocenters. The number of methoxy groups -OCH3 is 1. The summed E-state index contributed by atoms with van der Waals surface area (Å²) in [4.78, 5) is 25.1. The number of hydrogen-bond donors (Lipinski definition) is 2. The smallest absolute Gasteiger partial charge is 0.234 e. The van der Waals surface area contributed by atoms with Gasteiger partial charge in [0.1, 0.15) is 11.6 Å². The SMILES string of the molecule is COc1cccc(NC(=O)Cc2nnc(SCC(=O)Nc3ccccc3)n2-c2ccccc2)c1. The molecule has 1 heterocycles. The maximum atomic E-state index is 12.7. The molecule has 4 rings (SSSR count). The summed E-state index contributed by atoms with van der Waals surface area (Å²) < 4.78 is 7.00. The van der Waals surface area contributed by atoms with Crippen molar-refractivity contribution in [2.24, 2.45) is 0 Å². The van der Waals surface area contributed by atoms with Gasteiger partial charge in [0.25, 0.3) is 0 Å². The van der Waals surface area contributed by atoms with E-state index in [-0.39, 0.29) is 24.0 Å². The van der Waals surface area contributed by atoms with Gasteiger partial charge in [-0.1, -0.05) is 54.2 Å². The van der Waals surface area contributed by atoms with E-state index in [0.717, 1.165) is 11.4 Å². The molecule has 0 aliphatic rings. The van der Waals surface area contributed by atoms with Crippen molar-refractivity contribution in [3.63, 3.8) is 0 Å². The number of thioether (sulfide) groups is 1. The molecular formula is C25H23N5O3S. The molecule has 34 heavy (non-hydrogen) atoms. The van der Waals surface area contributed by atoms with Crippen LogP contribution < -0.4 is 15.4 Å². The lowest BCUT2D eigenvalue weighted by molar-refractivity contribution is -0.116. The molecule has 8 nitrogen and oxygen atoms in total. The predicted molar refractivity (Wildman–Crippen MR) is 132 cm³/mol. The van der Waals surface area contributed by atoms with Crippen LogP contribution in [-0.4, -0.2) is 39.4 Å². The summed E-state index contributed by atoms with van der Waals surface area (Å²) >= 11 is 1.26. The van der Waals surface area contributed by atoms with Crippen LogP contribution in [0.5, 0.6) is 5.75 Å². The number of rotatable bonds is 9. The number of nitrogens with one attached hydrogen (secondary N) is 2. The van der Waals surface area contributed by atoms with Gasteiger partial charge in [-0.25, -0.2) is 0 Å². The lowest BCUT2D eigenvalue weighted by Crippen LogP contribution is -2.18. The summed E-state index contributed by atoms with van der Waals surface area (Å²) in [5, 5.41) is 14.7. The van der Waals surface area contributed by atoms with E-state index in [1.807, 2.05) is 60.7 Å². The Labute approximate surface area is 201 Å². The molecule has 0 spiro atoms. The second-order valence-corrected chi connectivity index (χ2v) is 8.17. The number of hydrogen-bond acceptors (Lipinski definition) is 6. The van der Waals surface area contributed by atoms with Crippen molar-refractivity contribution in [2.75, 3.05) is 23.5 Å². The van der Waals surface area contributed by atoms with Crippen molar-refractivity contribution in [1.82, 2.24) is 14.8 Å². The number of nitrogens with zero attached hydrogens (tertiary/aromatic N) is 3. The van der Waals surface area contributed by atoms with E-state index in [1.165, 1.54) is 11.8 Å². The minimum Gasteiger partial charge on any atom is -0.497 e. The number of amides is 2. The van der Waals surface area contributed by atoms with Crippen LogP contribution in [0.2, 0.25) is 0 Å². The fourth-order valence-electron chi connectivity index (χ4n) is 3.24. The van der Waals surface area contributed by atoms with E-state index in [9.17, 15) is 9.59 Å². The van der Waals surface area contributed by atoms with E-state index in [0.29, 0.717) is 22.4 Å². The monoisotopic (exact) mass is 473 g/mol. The minimum absolute atomic E-state index is 0.00980. The summed E-state index contributed by atoms with van der Waals surface area (Å²) in [6.07, 6.45) is 0.00980. The van der Waals surface area contributed by atoms with Gasteiger partial charge >= 0.3 is 0 Å². The van der Waals surface area contributed by atoms with Crippen LogP contribution in [-0.2, 0) is 16.0 Å². The predicted octanol–water partition coefficient (Wildman–Crippen LogP) is 4.19. The zero-order chi connectivity index (χ0) is 23.8. The average molecular weight is 474 g/mol. The summed E-state index contributed by atoms with van der Waals surface area (Å²) in [5.41, 5.74) is 2.16. The third-order valence-corrected chi connectivity index (χ3v) is 5.71. The third kappa shape index (κ3) is 6.02. The zero-order valence-electron chi connectivity index (χ0n) is 18.5. The van der Waals surface area contributed by atoms with Gasteiger partial charge in [-0.3, -0.25) is 14.2 Å². The number of para-hydroxylation sites is 2. The van der Waals surface area contributed by atoms with Crippen LogP contribution in [0.15, 0.2) is 90.1 Å². The normalized spacial score (nSPS) is 10.5. The minimum atomic E-state index is -0.240. The van der Waals surface area contributed by atoms with E-state index >= 15 is 0 Å². The van der Waals surface area contributed by atoms with Crippen molar-refractivity contribution < 1.29 is 14.3 Å². The fourth-order valence-corrected chi connectivity index (χ4v) is 4.01. The topological polar surface area (TPSA) is 98.1 Å². The molecule has 3 aromatic carbocycles. The quantitative estimate of drug-likeness (QED) is 0.354. The van der Waals surface area contributed by atoms with Crippen molar-refractivity contribution in [2.45, 2.75) is 11.6 Å². The number of benzene rings is 3. The Bertz CT molecular complexity index is 1260. The van der Waals surface area contributed by atoms with Gasteiger partial charge in [-0.15, -0.1) is 10.2 Å². The Balaban J connectivity index is 1.49. The van der Waals surface area contributed by atoms with Crippen LogP contribution in [0.4, 0.5) is 11.4 Å². The second-order valence-electron chi connectivity index (χ2n) is 7.23. The summed E-state index contributed by atoms with van der Waals surface area (Å²) in [6.45, 7) is 0. The molecule has 2 amide bonds. The van der Waals surface area contributed by atoms with E-state index in [2.05, 4.69) is 20.8 Å². The molecule has 0 bridgehead atoms. The first-order chi connectivity index (χ1) is 16.6. The Morgan fingerprint density at radius 2 is 1.53 bits per heavy atom. The molecule has 172 valence electrons. The Morgan fingerprint density at radius 3 is 2.26 bits per heavy atom. The van der Waals surface area contributed by atoms with Crippen LogP contribution in [0, 0.1) is 0 Å². The highest BCUT2D eigenvalue weighted by molar-refractivity contribution is 7.99. The molecule has 0 aliphatic heterocycles. The molecule has 0 atom stereocenters. The summed E-state index contributed by atoms with van der Waals surface area (Å²) in [6, 6.07) is 25.9. The van der Waals surface area contributed by atoms with Crippen molar-refractivity contribution >= 4 is 35.0 Å². The van der Waals surface area contributed by atoms with Crippen molar-refractivity contribution in [3.8, 4) is 11.4 Å². The molecule has 2 N–H and O–H groups in total. The van der Waals surface area contributed by atoms with Gasteiger partial charge in [-0.05, 0) is 36.4 Å². The summed E-state index contributed by atoms with van der Waals surface area (Å²) in [7, 11) is 1.57. The molecule has 0 saturated carbocycles. The molecular weight excluding hydrogens is 450 g/mol. The number of anilines is 2. The van der Waals surface area contributed by atoms with Gasteiger partial charge in [0.2, 0.25) is 11.8 Å². The molecule has 9 heteroatoms. The van der Waals surface area contributed by atoms with E-state index < -0.39 is 0 Å². The first-order valence-electron chi connectivity index (χ1n) is 10.5. The molecule has 0 fully saturated rings. The second kappa shape index (κ2) is 11.2. The molecule has 1 aromatic heterocycles. The Morgan fingerprint density at radius 1 is 0.853 bits per heavy atom. The van der Waals surface area contributed by atoms with Gasteiger partial charge in [0.05, 0.1) is 19.3 Å². The van der Waals surface area contributed by atoms with Crippen LogP contribution >= 0.6 is 11.8 Å². The first kappa shape index (κ1) is 23.1. The molecule has 0 saturated heterocycles. The maximum absolute atomic E-state index is 12.7. The highest BCUT2D eigenvalue weighted by atomic mass is 32.2. The standard InChI is InChI=1S/C25H23N5O3S/c1-33-21-14-8-11-19(15-21)27-23(31)16-22-28-29-25(30(22)20-12-6-3-7-13-20)34-17-24(32)26-18-9-4-2-5-10-18/h2-15H,16-17H2,1H3,(H,26,32)(H,27,31). The van der Waals surface area contributed by atoms with E-state index in [1.54, 1.807) is 35.9 Å². The molecule has 0 radical (unpaired) electrons. The Kier molecular flexibility index (Phi) is 7.56. The average Bonchev–Trinajstić information content (AvgIpc) is 3.26. The van der Waals surface area contributed by atoms with E-state index in [4.69, 9.17) is 4.74 Å². The van der Waals surface area contributed by atoms with Gasteiger partial charge < -0.3 is 15.4 Å². The third-order valence-electron chi connectivity index (χ3n) is 4.78. The molecule has 0 aliphatic carbocycles.